The van der Waals surface area contributed by atoms with E-state index in [1.165, 1.54) is 0 Å². The van der Waals surface area contributed by atoms with Gasteiger partial charge in [0.2, 0.25) is 10.0 Å². The van der Waals surface area contributed by atoms with Crippen molar-refractivity contribution in [1.29, 1.82) is 0 Å². The molecule has 1 aromatic carbocycles. The van der Waals surface area contributed by atoms with Gasteiger partial charge in [0.15, 0.2) is 0 Å². The van der Waals surface area contributed by atoms with Crippen LogP contribution >= 0.6 is 0 Å². The van der Waals surface area contributed by atoms with Crippen LogP contribution in [-0.4, -0.2) is 53.7 Å². The molecule has 0 radical (unpaired) electrons. The smallest absolute Gasteiger partial charge is 0.240 e. The molecule has 0 unspecified atom stereocenters. The first-order valence-corrected chi connectivity index (χ1v) is 8.35. The summed E-state index contributed by atoms with van der Waals surface area (Å²) in [4.78, 5) is 2.31. The van der Waals surface area contributed by atoms with Crippen molar-refractivity contribution in [1.82, 2.24) is 9.62 Å². The summed E-state index contributed by atoms with van der Waals surface area (Å²) in [7, 11) is 0.0636. The summed E-state index contributed by atoms with van der Waals surface area (Å²) in [6.45, 7) is 4.47. The SMILES string of the molecule is COCCN(C)CCNS(=O)(=O)c1cc(CN)ccc1C. The third-order valence-corrected chi connectivity index (χ3v) is 4.84. The van der Waals surface area contributed by atoms with E-state index in [0.29, 0.717) is 36.7 Å². The Morgan fingerprint density at radius 1 is 1.33 bits per heavy atom. The normalized spacial score (nSPS) is 12.0. The Morgan fingerprint density at radius 2 is 2.05 bits per heavy atom. The molecule has 0 aromatic heterocycles. The first-order chi connectivity index (χ1) is 9.90. The molecule has 6 nitrogen and oxygen atoms in total. The molecule has 0 aliphatic heterocycles. The average Bonchev–Trinajstić information content (AvgIpc) is 2.45. The maximum atomic E-state index is 12.3. The molecule has 0 aliphatic carbocycles. The second kappa shape index (κ2) is 8.45. The maximum Gasteiger partial charge on any atom is 0.240 e. The van der Waals surface area contributed by atoms with E-state index >= 15 is 0 Å². The van der Waals surface area contributed by atoms with Gasteiger partial charge in [-0.1, -0.05) is 12.1 Å². The Kier molecular flexibility index (Phi) is 7.27. The standard InChI is InChI=1S/C14H25N3O3S/c1-12-4-5-13(11-15)10-14(12)21(18,19)16-6-7-17(2)8-9-20-3/h4-5,10,16H,6-9,11,15H2,1-3H3. The van der Waals surface area contributed by atoms with E-state index in [4.69, 9.17) is 10.5 Å². The van der Waals surface area contributed by atoms with E-state index in [1.807, 2.05) is 18.0 Å². The number of likely N-dealkylation sites (N-methyl/N-ethyl adjacent to an activating group) is 1. The monoisotopic (exact) mass is 315 g/mol. The van der Waals surface area contributed by atoms with E-state index in [2.05, 4.69) is 4.72 Å². The van der Waals surface area contributed by atoms with E-state index < -0.39 is 10.0 Å². The number of nitrogens with one attached hydrogen (secondary N) is 1. The van der Waals surface area contributed by atoms with Crippen LogP contribution < -0.4 is 10.5 Å². The molecule has 0 bridgehead atoms. The van der Waals surface area contributed by atoms with Crippen molar-refractivity contribution < 1.29 is 13.2 Å². The Bertz CT molecular complexity index is 546. The number of hydrogen-bond donors (Lipinski definition) is 2. The Labute approximate surface area is 127 Å². The zero-order valence-corrected chi connectivity index (χ0v) is 13.7. The van der Waals surface area contributed by atoms with Crippen LogP contribution in [-0.2, 0) is 21.3 Å². The summed E-state index contributed by atoms with van der Waals surface area (Å²) in [6, 6.07) is 5.25. The zero-order valence-electron chi connectivity index (χ0n) is 12.9. The van der Waals surface area contributed by atoms with Gasteiger partial charge in [0.05, 0.1) is 11.5 Å². The summed E-state index contributed by atoms with van der Waals surface area (Å²) in [5, 5.41) is 0. The quantitative estimate of drug-likeness (QED) is 0.685. The molecule has 1 aromatic rings. The molecular formula is C14H25N3O3S. The molecule has 0 heterocycles. The molecule has 7 heteroatoms. The van der Waals surface area contributed by atoms with Crippen molar-refractivity contribution in [3.8, 4) is 0 Å². The molecule has 0 atom stereocenters. The first kappa shape index (κ1) is 18.1. The molecule has 1 rings (SSSR count). The van der Waals surface area contributed by atoms with Gasteiger partial charge in [0, 0.05) is 33.3 Å². The lowest BCUT2D eigenvalue weighted by molar-refractivity contribution is 0.162. The molecule has 0 saturated heterocycles. The van der Waals surface area contributed by atoms with Gasteiger partial charge in [-0.2, -0.15) is 0 Å². The molecule has 0 amide bonds. The summed E-state index contributed by atoms with van der Waals surface area (Å²) in [5.41, 5.74) is 7.08. The van der Waals surface area contributed by atoms with Crippen LogP contribution in [0.25, 0.3) is 0 Å². The minimum atomic E-state index is -3.50. The summed E-state index contributed by atoms with van der Waals surface area (Å²) in [5.74, 6) is 0. The van der Waals surface area contributed by atoms with Crippen LogP contribution in [0.1, 0.15) is 11.1 Å². The molecule has 0 aliphatic rings. The average molecular weight is 315 g/mol. The predicted octanol–water partition coefficient (Wildman–Crippen LogP) is 0.310. The molecule has 3 N–H and O–H groups in total. The number of methoxy groups -OCH3 is 1. The van der Waals surface area contributed by atoms with Gasteiger partial charge >= 0.3 is 0 Å². The van der Waals surface area contributed by atoms with Gasteiger partial charge in [-0.25, -0.2) is 13.1 Å². The number of rotatable bonds is 9. The molecule has 21 heavy (non-hydrogen) atoms. The van der Waals surface area contributed by atoms with Crippen molar-refractivity contribution in [2.75, 3.05) is 40.4 Å². The number of hydrogen-bond acceptors (Lipinski definition) is 5. The Hall–Kier alpha value is -0.990. The second-order valence-corrected chi connectivity index (χ2v) is 6.73. The highest BCUT2D eigenvalue weighted by atomic mass is 32.2. The zero-order chi connectivity index (χ0) is 15.9. The third kappa shape index (κ3) is 5.72. The summed E-state index contributed by atoms with van der Waals surface area (Å²) >= 11 is 0. The van der Waals surface area contributed by atoms with Crippen molar-refractivity contribution in [2.24, 2.45) is 5.73 Å². The van der Waals surface area contributed by atoms with Crippen molar-refractivity contribution in [3.05, 3.63) is 29.3 Å². The van der Waals surface area contributed by atoms with Gasteiger partial charge in [-0.05, 0) is 31.2 Å². The van der Waals surface area contributed by atoms with E-state index in [1.54, 1.807) is 26.2 Å². The predicted molar refractivity (Wildman–Crippen MR) is 83.6 cm³/mol. The minimum absolute atomic E-state index is 0.296. The first-order valence-electron chi connectivity index (χ1n) is 6.87. The number of nitrogens with two attached hydrogens (primary N) is 1. The highest BCUT2D eigenvalue weighted by molar-refractivity contribution is 7.89. The van der Waals surface area contributed by atoms with Crippen LogP contribution in [0.4, 0.5) is 0 Å². The summed E-state index contributed by atoms with van der Waals surface area (Å²) < 4.78 is 32.2. The van der Waals surface area contributed by atoms with Crippen LogP contribution in [0, 0.1) is 6.92 Å². The lowest BCUT2D eigenvalue weighted by Crippen LogP contribution is -2.34. The fourth-order valence-electron chi connectivity index (χ4n) is 1.87. The van der Waals surface area contributed by atoms with Crippen molar-refractivity contribution in [3.63, 3.8) is 0 Å². The van der Waals surface area contributed by atoms with Crippen molar-refractivity contribution >= 4 is 10.0 Å². The minimum Gasteiger partial charge on any atom is -0.383 e. The summed E-state index contributed by atoms with van der Waals surface area (Å²) in [6.07, 6.45) is 0. The highest BCUT2D eigenvalue weighted by Gasteiger charge is 2.16. The molecule has 0 saturated carbocycles. The van der Waals surface area contributed by atoms with Crippen LogP contribution in [0.5, 0.6) is 0 Å². The number of aryl methyl sites for hydroxylation is 1. The number of nitrogens with zero attached hydrogens (tertiary/aromatic N) is 1. The van der Waals surface area contributed by atoms with Gasteiger partial charge < -0.3 is 15.4 Å². The Balaban J connectivity index is 2.65. The van der Waals surface area contributed by atoms with E-state index in [0.717, 1.165) is 12.1 Å². The lowest BCUT2D eigenvalue weighted by atomic mass is 10.1. The molecule has 0 fully saturated rings. The molecule has 0 spiro atoms. The number of sulfonamides is 1. The highest BCUT2D eigenvalue weighted by Crippen LogP contribution is 2.16. The fourth-order valence-corrected chi connectivity index (χ4v) is 3.18. The second-order valence-electron chi connectivity index (χ2n) is 5.00. The third-order valence-electron chi connectivity index (χ3n) is 3.24. The largest absolute Gasteiger partial charge is 0.383 e. The van der Waals surface area contributed by atoms with Gasteiger partial charge in [-0.3, -0.25) is 0 Å². The van der Waals surface area contributed by atoms with Gasteiger partial charge in [-0.15, -0.1) is 0 Å². The van der Waals surface area contributed by atoms with Crippen LogP contribution in [0.2, 0.25) is 0 Å². The Morgan fingerprint density at radius 3 is 2.67 bits per heavy atom. The van der Waals surface area contributed by atoms with Gasteiger partial charge in [0.1, 0.15) is 0 Å². The maximum absolute atomic E-state index is 12.3. The van der Waals surface area contributed by atoms with Crippen LogP contribution in [0.15, 0.2) is 23.1 Å². The molecule has 120 valence electrons. The number of ether oxygens (including phenoxy) is 1. The fraction of sp³-hybridized carbons (Fsp3) is 0.571. The van der Waals surface area contributed by atoms with Crippen molar-refractivity contribution in [2.45, 2.75) is 18.4 Å². The van der Waals surface area contributed by atoms with Crippen LogP contribution in [0.3, 0.4) is 0 Å². The lowest BCUT2D eigenvalue weighted by Gasteiger charge is -2.17. The number of benzene rings is 1. The topological polar surface area (TPSA) is 84.7 Å². The van der Waals surface area contributed by atoms with E-state index in [9.17, 15) is 8.42 Å². The molecular weight excluding hydrogens is 290 g/mol. The van der Waals surface area contributed by atoms with Gasteiger partial charge in [0.25, 0.3) is 0 Å². The van der Waals surface area contributed by atoms with E-state index in [-0.39, 0.29) is 0 Å².